The van der Waals surface area contributed by atoms with Gasteiger partial charge in [-0.05, 0) is 74.7 Å². The molecule has 0 saturated carbocycles. The highest BCUT2D eigenvalue weighted by Gasteiger charge is 2.20. The summed E-state index contributed by atoms with van der Waals surface area (Å²) in [6, 6.07) is 8.37. The summed E-state index contributed by atoms with van der Waals surface area (Å²) in [6.45, 7) is 7.40. The van der Waals surface area contributed by atoms with E-state index in [-0.39, 0.29) is 17.1 Å². The standard InChI is InChI=1S/C24H27Cl2NO3/c1-3-30-24-14-23(29)20(12-18(24)15-27-10-8-16(2)9-11-27)22(28)7-5-17-4-6-19(25)13-21(17)26/h4-7,12-14,16,29H,3,8-11,15H2,1-2H3/b7-5+. The molecular weight excluding hydrogens is 421 g/mol. The first-order valence-corrected chi connectivity index (χ1v) is 11.0. The summed E-state index contributed by atoms with van der Waals surface area (Å²) >= 11 is 12.1. The van der Waals surface area contributed by atoms with Gasteiger partial charge in [-0.2, -0.15) is 0 Å². The molecule has 0 bridgehead atoms. The Morgan fingerprint density at radius 1 is 1.23 bits per heavy atom. The molecule has 1 heterocycles. The second-order valence-corrected chi connectivity index (χ2v) is 8.58. The molecule has 30 heavy (non-hydrogen) atoms. The number of ketones is 1. The van der Waals surface area contributed by atoms with E-state index in [9.17, 15) is 9.90 Å². The molecule has 1 fully saturated rings. The summed E-state index contributed by atoms with van der Waals surface area (Å²) in [4.78, 5) is 15.2. The lowest BCUT2D eigenvalue weighted by atomic mass is 9.98. The van der Waals surface area contributed by atoms with Gasteiger partial charge in [-0.25, -0.2) is 0 Å². The number of hydrogen-bond acceptors (Lipinski definition) is 4. The number of phenolic OH excluding ortho intramolecular Hbond substituents is 1. The number of aromatic hydroxyl groups is 1. The summed E-state index contributed by atoms with van der Waals surface area (Å²) in [6.07, 6.45) is 5.37. The third kappa shape index (κ3) is 5.78. The average Bonchev–Trinajstić information content (AvgIpc) is 2.71. The molecule has 6 heteroatoms. The zero-order valence-corrected chi connectivity index (χ0v) is 18.8. The van der Waals surface area contributed by atoms with E-state index in [1.165, 1.54) is 18.9 Å². The van der Waals surface area contributed by atoms with Crippen molar-refractivity contribution in [3.63, 3.8) is 0 Å². The molecule has 0 unspecified atom stereocenters. The molecule has 160 valence electrons. The maximum absolute atomic E-state index is 12.8. The van der Waals surface area contributed by atoms with Crippen LogP contribution in [0.4, 0.5) is 0 Å². The van der Waals surface area contributed by atoms with E-state index in [2.05, 4.69) is 11.8 Å². The van der Waals surface area contributed by atoms with Crippen molar-refractivity contribution >= 4 is 35.1 Å². The van der Waals surface area contributed by atoms with E-state index >= 15 is 0 Å². The van der Waals surface area contributed by atoms with Gasteiger partial charge in [-0.1, -0.05) is 36.2 Å². The zero-order chi connectivity index (χ0) is 21.7. The molecule has 0 amide bonds. The van der Waals surface area contributed by atoms with E-state index in [1.807, 2.05) is 6.92 Å². The topological polar surface area (TPSA) is 49.8 Å². The number of nitrogens with zero attached hydrogens (tertiary/aromatic N) is 1. The SMILES string of the molecule is CCOc1cc(O)c(C(=O)/C=C/c2ccc(Cl)cc2Cl)cc1CN1CCC(C)CC1. The zero-order valence-electron chi connectivity index (χ0n) is 17.3. The van der Waals surface area contributed by atoms with Gasteiger partial charge in [0.15, 0.2) is 5.78 Å². The lowest BCUT2D eigenvalue weighted by molar-refractivity contribution is 0.104. The van der Waals surface area contributed by atoms with Gasteiger partial charge in [-0.15, -0.1) is 0 Å². The highest BCUT2D eigenvalue weighted by atomic mass is 35.5. The smallest absolute Gasteiger partial charge is 0.189 e. The molecule has 1 aliphatic rings. The molecule has 1 saturated heterocycles. The third-order valence-electron chi connectivity index (χ3n) is 5.39. The van der Waals surface area contributed by atoms with E-state index in [1.54, 1.807) is 36.4 Å². The van der Waals surface area contributed by atoms with E-state index < -0.39 is 0 Å². The number of carbonyl (C=O) groups is 1. The molecule has 4 nitrogen and oxygen atoms in total. The maximum atomic E-state index is 12.8. The van der Waals surface area contributed by atoms with Gasteiger partial charge in [0.05, 0.1) is 12.2 Å². The number of benzene rings is 2. The van der Waals surface area contributed by atoms with Crippen molar-refractivity contribution in [1.29, 1.82) is 0 Å². The van der Waals surface area contributed by atoms with Gasteiger partial charge in [0.1, 0.15) is 11.5 Å². The summed E-state index contributed by atoms with van der Waals surface area (Å²) in [7, 11) is 0. The van der Waals surface area contributed by atoms with Crippen molar-refractivity contribution in [1.82, 2.24) is 4.90 Å². The van der Waals surface area contributed by atoms with Crippen LogP contribution >= 0.6 is 23.2 Å². The van der Waals surface area contributed by atoms with Gasteiger partial charge in [0, 0.05) is 28.2 Å². The van der Waals surface area contributed by atoms with Crippen LogP contribution in [0.2, 0.25) is 10.0 Å². The fraction of sp³-hybridized carbons (Fsp3) is 0.375. The van der Waals surface area contributed by atoms with E-state index in [0.29, 0.717) is 34.5 Å². The molecular formula is C24H27Cl2NO3. The Hall–Kier alpha value is -2.01. The lowest BCUT2D eigenvalue weighted by Crippen LogP contribution is -2.32. The van der Waals surface area contributed by atoms with Gasteiger partial charge in [-0.3, -0.25) is 9.69 Å². The van der Waals surface area contributed by atoms with Crippen molar-refractivity contribution in [2.75, 3.05) is 19.7 Å². The Labute approximate surface area is 188 Å². The molecule has 2 aromatic carbocycles. The first-order chi connectivity index (χ1) is 14.4. The lowest BCUT2D eigenvalue weighted by Gasteiger charge is -2.30. The van der Waals surface area contributed by atoms with Crippen molar-refractivity contribution in [3.8, 4) is 11.5 Å². The predicted molar refractivity (Wildman–Crippen MR) is 123 cm³/mol. The molecule has 0 atom stereocenters. The first-order valence-electron chi connectivity index (χ1n) is 10.3. The monoisotopic (exact) mass is 447 g/mol. The Balaban J connectivity index is 1.84. The van der Waals surface area contributed by atoms with Crippen LogP contribution in [0.5, 0.6) is 11.5 Å². The van der Waals surface area contributed by atoms with Gasteiger partial charge in [0.25, 0.3) is 0 Å². The molecule has 0 spiro atoms. The Morgan fingerprint density at radius 2 is 1.97 bits per heavy atom. The summed E-state index contributed by atoms with van der Waals surface area (Å²) in [5, 5.41) is 11.4. The molecule has 3 rings (SSSR count). The number of likely N-dealkylation sites (tertiary alicyclic amines) is 1. The molecule has 1 N–H and O–H groups in total. The molecule has 2 aromatic rings. The minimum absolute atomic E-state index is 0.0914. The van der Waals surface area contributed by atoms with Crippen LogP contribution in [-0.2, 0) is 6.54 Å². The van der Waals surface area contributed by atoms with Crippen molar-refractivity contribution in [2.45, 2.75) is 33.2 Å². The van der Waals surface area contributed by atoms with Crippen LogP contribution in [-0.4, -0.2) is 35.5 Å². The van der Waals surface area contributed by atoms with E-state index in [4.69, 9.17) is 27.9 Å². The summed E-state index contributed by atoms with van der Waals surface area (Å²) in [5.74, 6) is 0.977. The minimum atomic E-state index is -0.296. The first kappa shape index (κ1) is 22.7. The van der Waals surface area contributed by atoms with Gasteiger partial charge >= 0.3 is 0 Å². The number of ether oxygens (including phenoxy) is 1. The second kappa shape index (κ2) is 10.3. The fourth-order valence-electron chi connectivity index (χ4n) is 3.58. The number of carbonyl (C=O) groups excluding carboxylic acids is 1. The van der Waals surface area contributed by atoms with E-state index in [0.717, 1.165) is 24.6 Å². The summed E-state index contributed by atoms with van der Waals surface area (Å²) < 4.78 is 5.73. The average molecular weight is 448 g/mol. The van der Waals surface area contributed by atoms with Crippen LogP contribution in [0.15, 0.2) is 36.4 Å². The highest BCUT2D eigenvalue weighted by molar-refractivity contribution is 6.35. The van der Waals surface area contributed by atoms with Gasteiger partial charge < -0.3 is 9.84 Å². The number of rotatable bonds is 7. The number of piperidine rings is 1. The number of hydrogen-bond donors (Lipinski definition) is 1. The Morgan fingerprint density at radius 3 is 2.63 bits per heavy atom. The summed E-state index contributed by atoms with van der Waals surface area (Å²) in [5.41, 5.74) is 1.84. The molecule has 0 radical (unpaired) electrons. The number of halogens is 2. The van der Waals surface area contributed by atoms with Crippen LogP contribution in [0.1, 0.15) is 48.2 Å². The highest BCUT2D eigenvalue weighted by Crippen LogP contribution is 2.31. The van der Waals surface area contributed by atoms with Crippen LogP contribution in [0, 0.1) is 5.92 Å². The van der Waals surface area contributed by atoms with Crippen LogP contribution in [0.25, 0.3) is 6.08 Å². The predicted octanol–water partition coefficient (Wildman–Crippen LogP) is 6.23. The molecule has 0 aliphatic carbocycles. The van der Waals surface area contributed by atoms with Crippen molar-refractivity contribution < 1.29 is 14.6 Å². The van der Waals surface area contributed by atoms with Crippen LogP contribution in [0.3, 0.4) is 0 Å². The fourth-order valence-corrected chi connectivity index (χ4v) is 4.05. The second-order valence-electron chi connectivity index (χ2n) is 7.73. The third-order valence-corrected chi connectivity index (χ3v) is 5.95. The largest absolute Gasteiger partial charge is 0.507 e. The Bertz CT molecular complexity index is 934. The minimum Gasteiger partial charge on any atom is -0.507 e. The van der Waals surface area contributed by atoms with Crippen molar-refractivity contribution in [3.05, 3.63) is 63.1 Å². The molecule has 1 aliphatic heterocycles. The maximum Gasteiger partial charge on any atom is 0.189 e. The van der Waals surface area contributed by atoms with Gasteiger partial charge in [0.2, 0.25) is 0 Å². The number of phenols is 1. The number of allylic oxidation sites excluding steroid dienone is 1. The van der Waals surface area contributed by atoms with Crippen LogP contribution < -0.4 is 4.74 Å². The Kier molecular flexibility index (Phi) is 7.81. The molecule has 0 aromatic heterocycles. The quantitative estimate of drug-likeness (QED) is 0.403. The van der Waals surface area contributed by atoms with Crippen molar-refractivity contribution in [2.24, 2.45) is 5.92 Å². The normalized spacial score (nSPS) is 15.6.